The van der Waals surface area contributed by atoms with Gasteiger partial charge in [0.1, 0.15) is 0 Å². The minimum atomic E-state index is -0.353. The fourth-order valence-electron chi connectivity index (χ4n) is 2.44. The largest absolute Gasteiger partial charge is 0.393 e. The van der Waals surface area contributed by atoms with Crippen LogP contribution >= 0.6 is 0 Å². The number of rotatable bonds is 7. The molecule has 2 rings (SSSR count). The molecule has 6 heteroatoms. The summed E-state index contributed by atoms with van der Waals surface area (Å²) >= 11 is 0. The Labute approximate surface area is 136 Å². The number of benzene rings is 1. The van der Waals surface area contributed by atoms with E-state index in [2.05, 4.69) is 15.7 Å². The van der Waals surface area contributed by atoms with Crippen LogP contribution in [-0.4, -0.2) is 33.6 Å². The quantitative estimate of drug-likeness (QED) is 0.734. The van der Waals surface area contributed by atoms with Gasteiger partial charge >= 0.3 is 6.03 Å². The van der Waals surface area contributed by atoms with Crippen LogP contribution in [-0.2, 0) is 6.54 Å². The van der Waals surface area contributed by atoms with E-state index in [1.54, 1.807) is 13.1 Å². The van der Waals surface area contributed by atoms with Crippen LogP contribution in [0.2, 0.25) is 0 Å². The summed E-state index contributed by atoms with van der Waals surface area (Å²) in [6, 6.07) is 9.33. The molecule has 1 aromatic carbocycles. The van der Waals surface area contributed by atoms with Gasteiger partial charge in [-0.1, -0.05) is 19.1 Å². The van der Waals surface area contributed by atoms with Crippen molar-refractivity contribution in [3.8, 4) is 0 Å². The van der Waals surface area contributed by atoms with E-state index in [9.17, 15) is 9.90 Å². The lowest BCUT2D eigenvalue weighted by Crippen LogP contribution is -2.33. The molecule has 0 aliphatic heterocycles. The number of anilines is 1. The van der Waals surface area contributed by atoms with Crippen LogP contribution in [0.5, 0.6) is 0 Å². The van der Waals surface area contributed by atoms with E-state index >= 15 is 0 Å². The monoisotopic (exact) mass is 316 g/mol. The highest BCUT2D eigenvalue weighted by Crippen LogP contribution is 2.12. The lowest BCUT2D eigenvalue weighted by Gasteiger charge is -2.15. The van der Waals surface area contributed by atoms with E-state index in [0.29, 0.717) is 19.5 Å². The zero-order valence-electron chi connectivity index (χ0n) is 13.6. The second-order valence-electron chi connectivity index (χ2n) is 5.93. The van der Waals surface area contributed by atoms with Crippen molar-refractivity contribution in [2.24, 2.45) is 5.92 Å². The molecule has 124 valence electrons. The average Bonchev–Trinajstić information content (AvgIpc) is 2.98. The Morgan fingerprint density at radius 2 is 2.17 bits per heavy atom. The summed E-state index contributed by atoms with van der Waals surface area (Å²) in [5, 5.41) is 19.1. The minimum Gasteiger partial charge on any atom is -0.393 e. The molecule has 0 saturated carbocycles. The smallest absolute Gasteiger partial charge is 0.319 e. The molecular formula is C17H24N4O2. The minimum absolute atomic E-state index is 0.229. The number of urea groups is 1. The summed E-state index contributed by atoms with van der Waals surface area (Å²) in [6.07, 6.45) is 3.95. The zero-order chi connectivity index (χ0) is 16.7. The van der Waals surface area contributed by atoms with Gasteiger partial charge in [-0.05, 0) is 43.0 Å². The van der Waals surface area contributed by atoms with Gasteiger partial charge in [0.2, 0.25) is 0 Å². The highest BCUT2D eigenvalue weighted by atomic mass is 16.3. The molecule has 1 aromatic heterocycles. The molecular weight excluding hydrogens is 292 g/mol. The van der Waals surface area contributed by atoms with Crippen LogP contribution in [0.25, 0.3) is 0 Å². The summed E-state index contributed by atoms with van der Waals surface area (Å²) in [6.45, 7) is 4.94. The number of hydrogen-bond donors (Lipinski definition) is 3. The number of carbonyl (C=O) groups is 1. The first kappa shape index (κ1) is 17.0. The molecule has 0 fully saturated rings. The molecule has 3 N–H and O–H groups in total. The molecule has 0 saturated heterocycles. The first-order valence-electron chi connectivity index (χ1n) is 7.82. The van der Waals surface area contributed by atoms with E-state index in [1.807, 2.05) is 48.1 Å². The molecule has 0 aliphatic rings. The van der Waals surface area contributed by atoms with Crippen molar-refractivity contribution in [3.05, 3.63) is 48.3 Å². The number of hydrogen-bond acceptors (Lipinski definition) is 3. The third kappa shape index (κ3) is 6.12. The van der Waals surface area contributed by atoms with Crippen molar-refractivity contribution in [1.29, 1.82) is 0 Å². The van der Waals surface area contributed by atoms with Crippen molar-refractivity contribution in [2.75, 3.05) is 11.9 Å². The molecule has 0 radical (unpaired) electrons. The average molecular weight is 316 g/mol. The molecule has 6 nitrogen and oxygen atoms in total. The first-order valence-corrected chi connectivity index (χ1v) is 7.82. The van der Waals surface area contributed by atoms with Crippen LogP contribution < -0.4 is 10.6 Å². The predicted molar refractivity (Wildman–Crippen MR) is 90.3 cm³/mol. The van der Waals surface area contributed by atoms with Gasteiger partial charge in [0.25, 0.3) is 0 Å². The Kier molecular flexibility index (Phi) is 6.17. The van der Waals surface area contributed by atoms with Crippen molar-refractivity contribution < 1.29 is 9.90 Å². The van der Waals surface area contributed by atoms with Crippen molar-refractivity contribution >= 4 is 11.7 Å². The van der Waals surface area contributed by atoms with Crippen LogP contribution in [0, 0.1) is 5.92 Å². The molecule has 2 atom stereocenters. The highest BCUT2D eigenvalue weighted by Gasteiger charge is 2.08. The molecule has 2 aromatic rings. The maximum Gasteiger partial charge on any atom is 0.319 e. The summed E-state index contributed by atoms with van der Waals surface area (Å²) in [5.41, 5.74) is 1.81. The third-order valence-electron chi connectivity index (χ3n) is 3.44. The predicted octanol–water partition coefficient (Wildman–Crippen LogP) is 2.46. The topological polar surface area (TPSA) is 79.2 Å². The number of amides is 2. The van der Waals surface area contributed by atoms with Crippen molar-refractivity contribution in [3.63, 3.8) is 0 Å². The Morgan fingerprint density at radius 3 is 2.87 bits per heavy atom. The van der Waals surface area contributed by atoms with Gasteiger partial charge in [-0.3, -0.25) is 4.68 Å². The Balaban J connectivity index is 1.83. The van der Waals surface area contributed by atoms with Crippen LogP contribution in [0.3, 0.4) is 0 Å². The normalized spacial score (nSPS) is 13.3. The first-order chi connectivity index (χ1) is 11.0. The number of nitrogens with one attached hydrogen (secondary N) is 2. The van der Waals surface area contributed by atoms with Gasteiger partial charge in [-0.15, -0.1) is 0 Å². The highest BCUT2D eigenvalue weighted by molar-refractivity contribution is 5.89. The maximum atomic E-state index is 11.9. The van der Waals surface area contributed by atoms with Gasteiger partial charge in [0, 0.05) is 24.6 Å². The number of aliphatic hydroxyl groups excluding tert-OH is 1. The second-order valence-corrected chi connectivity index (χ2v) is 5.93. The molecule has 0 spiro atoms. The van der Waals surface area contributed by atoms with Gasteiger partial charge in [-0.25, -0.2) is 4.79 Å². The Morgan fingerprint density at radius 1 is 1.35 bits per heavy atom. The number of nitrogens with zero attached hydrogens (tertiary/aromatic N) is 2. The van der Waals surface area contributed by atoms with Crippen LogP contribution in [0.1, 0.15) is 25.8 Å². The number of aromatic nitrogens is 2. The molecule has 23 heavy (non-hydrogen) atoms. The summed E-state index contributed by atoms with van der Waals surface area (Å²) in [4.78, 5) is 11.9. The van der Waals surface area contributed by atoms with Gasteiger partial charge in [-0.2, -0.15) is 5.10 Å². The molecule has 2 amide bonds. The van der Waals surface area contributed by atoms with Crippen molar-refractivity contribution in [2.45, 2.75) is 32.9 Å². The van der Waals surface area contributed by atoms with E-state index in [1.165, 1.54) is 0 Å². The van der Waals surface area contributed by atoms with E-state index in [-0.39, 0.29) is 18.1 Å². The van der Waals surface area contributed by atoms with Crippen LogP contribution in [0.15, 0.2) is 42.7 Å². The van der Waals surface area contributed by atoms with E-state index < -0.39 is 0 Å². The fraction of sp³-hybridized carbons (Fsp3) is 0.412. The van der Waals surface area contributed by atoms with Gasteiger partial charge in [0.05, 0.1) is 12.6 Å². The Hall–Kier alpha value is -2.34. The number of carbonyl (C=O) groups excluding carboxylic acids is 1. The SMILES string of the molecule is CC(O)CC(C)CNC(=O)Nc1cccc(Cn2cccn2)c1. The summed E-state index contributed by atoms with van der Waals surface area (Å²) in [5.74, 6) is 0.229. The van der Waals surface area contributed by atoms with Gasteiger partial charge < -0.3 is 15.7 Å². The standard InChI is InChI=1S/C17H24N4O2/c1-13(9-14(2)22)11-18-17(23)20-16-6-3-5-15(10-16)12-21-8-4-7-19-21/h3-8,10,13-14,22H,9,11-12H2,1-2H3,(H2,18,20,23). The lowest BCUT2D eigenvalue weighted by molar-refractivity contribution is 0.163. The molecule has 0 bridgehead atoms. The third-order valence-corrected chi connectivity index (χ3v) is 3.44. The van der Waals surface area contributed by atoms with Crippen LogP contribution in [0.4, 0.5) is 10.5 Å². The lowest BCUT2D eigenvalue weighted by atomic mass is 10.1. The van der Waals surface area contributed by atoms with E-state index in [0.717, 1.165) is 11.3 Å². The molecule has 0 aliphatic carbocycles. The fourth-order valence-corrected chi connectivity index (χ4v) is 2.44. The summed E-state index contributed by atoms with van der Waals surface area (Å²) in [7, 11) is 0. The maximum absolute atomic E-state index is 11.9. The summed E-state index contributed by atoms with van der Waals surface area (Å²) < 4.78 is 1.83. The molecule has 2 unspecified atom stereocenters. The molecule has 1 heterocycles. The number of aliphatic hydroxyl groups is 1. The van der Waals surface area contributed by atoms with Crippen molar-refractivity contribution in [1.82, 2.24) is 15.1 Å². The second kappa shape index (κ2) is 8.33. The van der Waals surface area contributed by atoms with E-state index in [4.69, 9.17) is 0 Å². The Bertz CT molecular complexity index is 611. The zero-order valence-corrected chi connectivity index (χ0v) is 13.6. The van der Waals surface area contributed by atoms with Gasteiger partial charge in [0.15, 0.2) is 0 Å².